The third kappa shape index (κ3) is 7.42. The Balaban J connectivity index is 1.82. The fraction of sp³-hybridized carbons (Fsp3) is 0.600. The molecule has 4 amide bonds. The van der Waals surface area contributed by atoms with Crippen molar-refractivity contribution in [1.29, 1.82) is 0 Å². The van der Waals surface area contributed by atoms with Crippen molar-refractivity contribution >= 4 is 23.8 Å². The first-order valence-corrected chi connectivity index (χ1v) is 12.0. The van der Waals surface area contributed by atoms with Crippen molar-refractivity contribution in [2.75, 3.05) is 46.4 Å². The van der Waals surface area contributed by atoms with E-state index in [9.17, 15) is 19.2 Å². The molecule has 192 valence electrons. The number of rotatable bonds is 6. The van der Waals surface area contributed by atoms with Crippen molar-refractivity contribution < 1.29 is 28.7 Å². The molecule has 0 bridgehead atoms. The predicted octanol–water partition coefficient (Wildman–Crippen LogP) is 1.04. The Labute approximate surface area is 206 Å². The Morgan fingerprint density at radius 1 is 1.09 bits per heavy atom. The molecule has 10 heteroatoms. The molecule has 0 aliphatic carbocycles. The van der Waals surface area contributed by atoms with Gasteiger partial charge < -0.3 is 29.5 Å². The lowest BCUT2D eigenvalue weighted by Crippen LogP contribution is -2.62. The van der Waals surface area contributed by atoms with Crippen LogP contribution >= 0.6 is 0 Å². The summed E-state index contributed by atoms with van der Waals surface area (Å²) in [6.07, 6.45) is -0.672. The summed E-state index contributed by atoms with van der Waals surface area (Å²) in [5, 5.41) is 2.60. The molecule has 0 aromatic heterocycles. The van der Waals surface area contributed by atoms with Crippen LogP contribution in [0.4, 0.5) is 4.79 Å². The van der Waals surface area contributed by atoms with E-state index in [1.807, 2.05) is 30.3 Å². The second kappa shape index (κ2) is 11.5. The van der Waals surface area contributed by atoms with E-state index in [0.717, 1.165) is 5.56 Å². The van der Waals surface area contributed by atoms with Gasteiger partial charge in [-0.05, 0) is 26.3 Å². The molecular formula is C25H36N4O6. The lowest BCUT2D eigenvalue weighted by atomic mass is 9.99. The number of carbonyl (C=O) groups is 4. The zero-order valence-corrected chi connectivity index (χ0v) is 21.0. The molecule has 2 fully saturated rings. The number of ether oxygens (including phenoxy) is 2. The van der Waals surface area contributed by atoms with Crippen molar-refractivity contribution in [2.24, 2.45) is 0 Å². The first-order valence-electron chi connectivity index (χ1n) is 12.0. The van der Waals surface area contributed by atoms with Gasteiger partial charge >= 0.3 is 6.09 Å². The molecule has 0 unspecified atom stereocenters. The van der Waals surface area contributed by atoms with E-state index < -0.39 is 29.7 Å². The fourth-order valence-corrected chi connectivity index (χ4v) is 4.18. The molecular weight excluding hydrogens is 452 g/mol. The highest BCUT2D eigenvalue weighted by Crippen LogP contribution is 2.19. The SMILES string of the molecule is CN1CCN(C(=O)[C@H](CC(=O)N2CCOCC2)NC(=O)OC(C)(C)C)[C@@H](Cc2ccccc2)C1=O. The minimum atomic E-state index is -1.16. The molecule has 2 saturated heterocycles. The van der Waals surface area contributed by atoms with Gasteiger partial charge in [0.15, 0.2) is 0 Å². The van der Waals surface area contributed by atoms with Crippen LogP contribution in [0.2, 0.25) is 0 Å². The van der Waals surface area contributed by atoms with E-state index in [-0.39, 0.29) is 18.2 Å². The Bertz CT molecular complexity index is 910. The highest BCUT2D eigenvalue weighted by atomic mass is 16.6. The molecule has 1 aromatic rings. The lowest BCUT2D eigenvalue weighted by molar-refractivity contribution is -0.152. The topological polar surface area (TPSA) is 108 Å². The van der Waals surface area contributed by atoms with E-state index in [2.05, 4.69) is 5.32 Å². The number of hydrogen-bond acceptors (Lipinski definition) is 6. The van der Waals surface area contributed by atoms with E-state index in [1.54, 1.807) is 37.6 Å². The first kappa shape index (κ1) is 26.5. The number of morpholine rings is 1. The average Bonchev–Trinajstić information content (AvgIpc) is 2.81. The summed E-state index contributed by atoms with van der Waals surface area (Å²) in [4.78, 5) is 57.1. The normalized spacial score (nSPS) is 19.8. The van der Waals surface area contributed by atoms with Gasteiger partial charge in [-0.2, -0.15) is 0 Å². The van der Waals surface area contributed by atoms with E-state index in [1.165, 1.54) is 4.90 Å². The molecule has 2 heterocycles. The van der Waals surface area contributed by atoms with Crippen LogP contribution in [-0.2, 0) is 30.3 Å². The van der Waals surface area contributed by atoms with Gasteiger partial charge in [-0.1, -0.05) is 30.3 Å². The maximum Gasteiger partial charge on any atom is 0.408 e. The maximum absolute atomic E-state index is 13.8. The highest BCUT2D eigenvalue weighted by molar-refractivity contribution is 5.95. The molecule has 1 aromatic carbocycles. The molecule has 2 aliphatic heterocycles. The number of piperazine rings is 1. The molecule has 0 spiro atoms. The standard InChI is InChI=1S/C25H36N4O6/c1-25(2,3)35-24(33)26-19(17-21(30)28-12-14-34-15-13-28)22(31)29-11-10-27(4)23(32)20(29)16-18-8-6-5-7-9-18/h5-9,19-20H,10-17H2,1-4H3,(H,26,33)/t19-,20-/m0/s1. The molecule has 2 aliphatic rings. The number of alkyl carbamates (subject to hydrolysis) is 1. The summed E-state index contributed by atoms with van der Waals surface area (Å²) < 4.78 is 10.7. The molecule has 3 rings (SSSR count). The van der Waals surface area contributed by atoms with Crippen LogP contribution in [0, 0.1) is 0 Å². The first-order chi connectivity index (χ1) is 16.5. The predicted molar refractivity (Wildman–Crippen MR) is 128 cm³/mol. The maximum atomic E-state index is 13.8. The van der Waals surface area contributed by atoms with Gasteiger partial charge in [-0.3, -0.25) is 14.4 Å². The third-order valence-electron chi connectivity index (χ3n) is 6.00. The quantitative estimate of drug-likeness (QED) is 0.641. The summed E-state index contributed by atoms with van der Waals surface area (Å²) >= 11 is 0. The number of nitrogens with zero attached hydrogens (tertiary/aromatic N) is 3. The smallest absolute Gasteiger partial charge is 0.408 e. The van der Waals surface area contributed by atoms with Crippen LogP contribution in [0.1, 0.15) is 32.8 Å². The van der Waals surface area contributed by atoms with E-state index in [0.29, 0.717) is 45.8 Å². The van der Waals surface area contributed by atoms with Gasteiger partial charge in [0.25, 0.3) is 0 Å². The van der Waals surface area contributed by atoms with Crippen molar-refractivity contribution in [1.82, 2.24) is 20.0 Å². The zero-order chi connectivity index (χ0) is 25.6. The number of carbonyl (C=O) groups excluding carboxylic acids is 4. The number of amides is 4. The number of hydrogen-bond donors (Lipinski definition) is 1. The number of likely N-dealkylation sites (N-methyl/N-ethyl adjacent to an activating group) is 1. The zero-order valence-electron chi connectivity index (χ0n) is 21.0. The third-order valence-corrected chi connectivity index (χ3v) is 6.00. The number of benzene rings is 1. The molecule has 1 N–H and O–H groups in total. The molecule has 2 atom stereocenters. The van der Waals surface area contributed by atoms with Crippen molar-refractivity contribution in [3.8, 4) is 0 Å². The minimum Gasteiger partial charge on any atom is -0.444 e. The second-order valence-electron chi connectivity index (χ2n) is 9.89. The largest absolute Gasteiger partial charge is 0.444 e. The van der Waals surface area contributed by atoms with Crippen LogP contribution in [-0.4, -0.2) is 103 Å². The Morgan fingerprint density at radius 3 is 2.37 bits per heavy atom. The van der Waals surface area contributed by atoms with Crippen LogP contribution in [0.3, 0.4) is 0 Å². The summed E-state index contributed by atoms with van der Waals surface area (Å²) in [6.45, 7) is 7.53. The van der Waals surface area contributed by atoms with E-state index >= 15 is 0 Å². The van der Waals surface area contributed by atoms with Gasteiger partial charge in [-0.15, -0.1) is 0 Å². The van der Waals surface area contributed by atoms with Crippen molar-refractivity contribution in [2.45, 2.75) is 51.3 Å². The van der Waals surface area contributed by atoms with Crippen molar-refractivity contribution in [3.63, 3.8) is 0 Å². The van der Waals surface area contributed by atoms with Crippen LogP contribution in [0.5, 0.6) is 0 Å². The Kier molecular flexibility index (Phi) is 8.71. The molecule has 0 saturated carbocycles. The lowest BCUT2D eigenvalue weighted by Gasteiger charge is -2.41. The van der Waals surface area contributed by atoms with Gasteiger partial charge in [0.2, 0.25) is 17.7 Å². The summed E-state index contributed by atoms with van der Waals surface area (Å²) in [7, 11) is 1.71. The summed E-state index contributed by atoms with van der Waals surface area (Å²) in [5.41, 5.74) is 0.144. The van der Waals surface area contributed by atoms with Crippen LogP contribution in [0.15, 0.2) is 30.3 Å². The van der Waals surface area contributed by atoms with Gasteiger partial charge in [0.1, 0.15) is 17.7 Å². The van der Waals surface area contributed by atoms with Crippen molar-refractivity contribution in [3.05, 3.63) is 35.9 Å². The van der Waals surface area contributed by atoms with Gasteiger partial charge in [0.05, 0.1) is 19.6 Å². The van der Waals surface area contributed by atoms with Gasteiger partial charge in [-0.25, -0.2) is 4.79 Å². The average molecular weight is 489 g/mol. The minimum absolute atomic E-state index is 0.177. The Morgan fingerprint density at radius 2 is 1.74 bits per heavy atom. The molecule has 0 radical (unpaired) electrons. The Hall–Kier alpha value is -3.14. The summed E-state index contributed by atoms with van der Waals surface area (Å²) in [6, 6.07) is 7.57. The fourth-order valence-electron chi connectivity index (χ4n) is 4.18. The molecule has 10 nitrogen and oxygen atoms in total. The van der Waals surface area contributed by atoms with E-state index in [4.69, 9.17) is 9.47 Å². The molecule has 35 heavy (non-hydrogen) atoms. The van der Waals surface area contributed by atoms with Gasteiger partial charge in [0, 0.05) is 39.6 Å². The second-order valence-corrected chi connectivity index (χ2v) is 9.89. The van der Waals surface area contributed by atoms with Crippen LogP contribution < -0.4 is 5.32 Å². The summed E-state index contributed by atoms with van der Waals surface area (Å²) in [5.74, 6) is -0.911. The number of nitrogens with one attached hydrogen (secondary N) is 1. The monoisotopic (exact) mass is 488 g/mol. The van der Waals surface area contributed by atoms with Crippen LogP contribution in [0.25, 0.3) is 0 Å². The highest BCUT2D eigenvalue weighted by Gasteiger charge is 2.40.